The largest absolute Gasteiger partial charge is 0.492 e. The minimum Gasteiger partial charge on any atom is -0.492 e. The van der Waals surface area contributed by atoms with Gasteiger partial charge in [-0.25, -0.2) is 9.37 Å². The van der Waals surface area contributed by atoms with Gasteiger partial charge < -0.3 is 25.2 Å². The van der Waals surface area contributed by atoms with E-state index in [1.54, 1.807) is 19.3 Å². The lowest BCUT2D eigenvalue weighted by atomic mass is 10.2. The molecule has 0 radical (unpaired) electrons. The Hall–Kier alpha value is -2.87. The molecule has 7 nitrogen and oxygen atoms in total. The standard InChI is InChI=1S/C22H31FN6O/c1-24-22(26-15-17-6-4-7-19(14-17)30-13-12-28(2)3)27-18-9-11-29(16-18)21-20(23)8-5-10-25-21/h4-8,10,14,18H,9,11-13,15-16H2,1-3H3,(H2,24,26,27). The van der Waals surface area contributed by atoms with Crippen LogP contribution in [0.25, 0.3) is 0 Å². The average molecular weight is 415 g/mol. The zero-order valence-electron chi connectivity index (χ0n) is 17.9. The van der Waals surface area contributed by atoms with Crippen molar-refractivity contribution in [1.82, 2.24) is 20.5 Å². The van der Waals surface area contributed by atoms with E-state index >= 15 is 0 Å². The maximum Gasteiger partial charge on any atom is 0.191 e. The van der Waals surface area contributed by atoms with Crippen molar-refractivity contribution >= 4 is 11.8 Å². The molecule has 2 N–H and O–H groups in total. The smallest absolute Gasteiger partial charge is 0.191 e. The number of guanidine groups is 1. The zero-order chi connectivity index (χ0) is 21.3. The number of nitrogens with zero attached hydrogens (tertiary/aromatic N) is 4. The van der Waals surface area contributed by atoms with Crippen molar-refractivity contribution in [3.8, 4) is 5.75 Å². The summed E-state index contributed by atoms with van der Waals surface area (Å²) < 4.78 is 19.8. The first-order chi connectivity index (χ1) is 14.5. The van der Waals surface area contributed by atoms with Crippen molar-refractivity contribution in [3.63, 3.8) is 0 Å². The summed E-state index contributed by atoms with van der Waals surface area (Å²) >= 11 is 0. The third-order valence-corrected chi connectivity index (χ3v) is 4.96. The monoisotopic (exact) mass is 414 g/mol. The van der Waals surface area contributed by atoms with Crippen LogP contribution in [0.1, 0.15) is 12.0 Å². The molecule has 1 aromatic heterocycles. The van der Waals surface area contributed by atoms with Crippen LogP contribution in [0, 0.1) is 5.82 Å². The van der Waals surface area contributed by atoms with Crippen molar-refractivity contribution in [2.45, 2.75) is 19.0 Å². The lowest BCUT2D eigenvalue weighted by molar-refractivity contribution is 0.261. The SMILES string of the molecule is CN=C(NCc1cccc(OCCN(C)C)c1)NC1CCN(c2ncccc2F)C1. The normalized spacial score (nSPS) is 16.8. The maximum absolute atomic E-state index is 14.0. The molecule has 0 saturated carbocycles. The van der Waals surface area contributed by atoms with Gasteiger partial charge in [0, 0.05) is 45.5 Å². The summed E-state index contributed by atoms with van der Waals surface area (Å²) in [4.78, 5) is 12.6. The van der Waals surface area contributed by atoms with Crippen LogP contribution in [0.2, 0.25) is 0 Å². The Bertz CT molecular complexity index is 844. The zero-order valence-corrected chi connectivity index (χ0v) is 17.9. The van der Waals surface area contributed by atoms with Crippen molar-refractivity contribution in [1.29, 1.82) is 0 Å². The van der Waals surface area contributed by atoms with Gasteiger partial charge in [0.15, 0.2) is 17.6 Å². The number of likely N-dealkylation sites (N-methyl/N-ethyl adjacent to an activating group) is 1. The average Bonchev–Trinajstić information content (AvgIpc) is 3.20. The highest BCUT2D eigenvalue weighted by molar-refractivity contribution is 5.80. The summed E-state index contributed by atoms with van der Waals surface area (Å²) in [5, 5.41) is 6.77. The Balaban J connectivity index is 1.48. The summed E-state index contributed by atoms with van der Waals surface area (Å²) in [6, 6.07) is 11.3. The van der Waals surface area contributed by atoms with Crippen molar-refractivity contribution in [3.05, 3.63) is 54.0 Å². The molecule has 1 saturated heterocycles. The second-order valence-corrected chi connectivity index (χ2v) is 7.61. The second kappa shape index (κ2) is 10.8. The van der Waals surface area contributed by atoms with Crippen molar-refractivity contribution in [2.24, 2.45) is 4.99 Å². The van der Waals surface area contributed by atoms with Crippen LogP contribution < -0.4 is 20.3 Å². The maximum atomic E-state index is 14.0. The molecule has 1 fully saturated rings. The summed E-state index contributed by atoms with van der Waals surface area (Å²) in [5.41, 5.74) is 1.11. The highest BCUT2D eigenvalue weighted by Crippen LogP contribution is 2.20. The number of nitrogens with one attached hydrogen (secondary N) is 2. The molecule has 0 aliphatic carbocycles. The molecule has 1 aliphatic rings. The van der Waals surface area contributed by atoms with Crippen LogP contribution in [0.3, 0.4) is 0 Å². The van der Waals surface area contributed by atoms with Gasteiger partial charge in [0.25, 0.3) is 0 Å². The predicted molar refractivity (Wildman–Crippen MR) is 119 cm³/mol. The molecular weight excluding hydrogens is 383 g/mol. The van der Waals surface area contributed by atoms with Gasteiger partial charge in [0.2, 0.25) is 0 Å². The van der Waals surface area contributed by atoms with E-state index < -0.39 is 0 Å². The fourth-order valence-corrected chi connectivity index (χ4v) is 3.35. The molecule has 30 heavy (non-hydrogen) atoms. The van der Waals surface area contributed by atoms with Gasteiger partial charge in [-0.1, -0.05) is 12.1 Å². The first-order valence-corrected chi connectivity index (χ1v) is 10.2. The molecule has 8 heteroatoms. The lowest BCUT2D eigenvalue weighted by Gasteiger charge is -2.20. The van der Waals surface area contributed by atoms with E-state index in [0.717, 1.165) is 36.8 Å². The van der Waals surface area contributed by atoms with E-state index in [1.165, 1.54) is 6.07 Å². The van der Waals surface area contributed by atoms with Gasteiger partial charge in [-0.2, -0.15) is 0 Å². The van der Waals surface area contributed by atoms with Crippen molar-refractivity contribution < 1.29 is 9.13 Å². The highest BCUT2D eigenvalue weighted by atomic mass is 19.1. The number of halogens is 1. The van der Waals surface area contributed by atoms with Gasteiger partial charge in [-0.15, -0.1) is 0 Å². The van der Waals surface area contributed by atoms with Gasteiger partial charge in [-0.05, 0) is 50.3 Å². The molecule has 0 spiro atoms. The molecule has 2 aromatic rings. The minimum absolute atomic E-state index is 0.179. The molecule has 1 aromatic carbocycles. The van der Waals surface area contributed by atoms with Crippen LogP contribution in [-0.2, 0) is 6.54 Å². The molecule has 1 aliphatic heterocycles. The highest BCUT2D eigenvalue weighted by Gasteiger charge is 2.25. The number of hydrogen-bond acceptors (Lipinski definition) is 5. The molecule has 0 bridgehead atoms. The predicted octanol–water partition coefficient (Wildman–Crippen LogP) is 2.10. The number of aromatic nitrogens is 1. The van der Waals surface area contributed by atoms with Crippen LogP contribution >= 0.6 is 0 Å². The van der Waals surface area contributed by atoms with Gasteiger partial charge in [-0.3, -0.25) is 4.99 Å². The molecule has 1 unspecified atom stereocenters. The van der Waals surface area contributed by atoms with Crippen LogP contribution in [0.4, 0.5) is 10.2 Å². The Morgan fingerprint density at radius 2 is 2.20 bits per heavy atom. The Morgan fingerprint density at radius 1 is 1.33 bits per heavy atom. The van der Waals surface area contributed by atoms with Gasteiger partial charge >= 0.3 is 0 Å². The summed E-state index contributed by atoms with van der Waals surface area (Å²) in [7, 11) is 5.80. The number of hydrogen-bond donors (Lipinski definition) is 2. The van der Waals surface area contributed by atoms with E-state index in [9.17, 15) is 4.39 Å². The molecular formula is C22H31FN6O. The topological polar surface area (TPSA) is 65.0 Å². The third kappa shape index (κ3) is 6.32. The fourth-order valence-electron chi connectivity index (χ4n) is 3.35. The molecule has 3 rings (SSSR count). The Labute approximate surface area is 178 Å². The first kappa shape index (κ1) is 21.8. The number of benzene rings is 1. The summed E-state index contributed by atoms with van der Waals surface area (Å²) in [5.74, 6) is 1.72. The lowest BCUT2D eigenvalue weighted by Crippen LogP contribution is -2.44. The first-order valence-electron chi connectivity index (χ1n) is 10.2. The number of rotatable bonds is 8. The van der Waals surface area contributed by atoms with E-state index in [2.05, 4.69) is 31.6 Å². The fraction of sp³-hybridized carbons (Fsp3) is 0.455. The van der Waals surface area contributed by atoms with Crippen LogP contribution in [0.5, 0.6) is 5.75 Å². The Morgan fingerprint density at radius 3 is 2.97 bits per heavy atom. The number of ether oxygens (including phenoxy) is 1. The van der Waals surface area contributed by atoms with E-state index in [0.29, 0.717) is 25.5 Å². The molecule has 162 valence electrons. The van der Waals surface area contributed by atoms with Gasteiger partial charge in [0.1, 0.15) is 12.4 Å². The molecule has 1 atom stereocenters. The number of aliphatic imine (C=N–C) groups is 1. The van der Waals surface area contributed by atoms with E-state index in [1.807, 2.05) is 37.2 Å². The summed E-state index contributed by atoms with van der Waals surface area (Å²) in [6.45, 7) is 3.61. The molecule has 2 heterocycles. The second-order valence-electron chi connectivity index (χ2n) is 7.61. The Kier molecular flexibility index (Phi) is 7.84. The number of pyridine rings is 1. The quantitative estimate of drug-likeness (QED) is 0.510. The third-order valence-electron chi connectivity index (χ3n) is 4.96. The van der Waals surface area contributed by atoms with E-state index in [4.69, 9.17) is 4.74 Å². The minimum atomic E-state index is -0.284. The van der Waals surface area contributed by atoms with Crippen LogP contribution in [-0.4, -0.2) is 69.3 Å². The summed E-state index contributed by atoms with van der Waals surface area (Å²) in [6.07, 6.45) is 2.52. The van der Waals surface area contributed by atoms with E-state index in [-0.39, 0.29) is 11.9 Å². The van der Waals surface area contributed by atoms with Crippen LogP contribution in [0.15, 0.2) is 47.6 Å². The van der Waals surface area contributed by atoms with Gasteiger partial charge in [0.05, 0.1) is 0 Å². The van der Waals surface area contributed by atoms with Crippen molar-refractivity contribution in [2.75, 3.05) is 52.3 Å². The molecule has 0 amide bonds. The number of anilines is 1.